The summed E-state index contributed by atoms with van der Waals surface area (Å²) in [5.74, 6) is 0.0377. The van der Waals surface area contributed by atoms with Gasteiger partial charge >= 0.3 is 0 Å². The van der Waals surface area contributed by atoms with Crippen molar-refractivity contribution in [1.29, 1.82) is 0 Å². The average molecular weight is 397 g/mol. The molecule has 1 N–H and O–H groups in total. The van der Waals surface area contributed by atoms with Crippen LogP contribution in [-0.4, -0.2) is 53.9 Å². The minimum Gasteiger partial charge on any atom is -0.389 e. The third kappa shape index (κ3) is 3.05. The number of nitrogens with zero attached hydrogens (tertiary/aromatic N) is 2. The number of rotatable bonds is 2. The molecule has 146 valence electrons. The third-order valence-electron chi connectivity index (χ3n) is 6.06. The van der Waals surface area contributed by atoms with Crippen molar-refractivity contribution in [2.45, 2.75) is 40.8 Å². The minimum atomic E-state index is -0.534. The molecule has 5 nitrogen and oxygen atoms in total. The quantitative estimate of drug-likeness (QED) is 0.843. The molecule has 3 aliphatic rings. The number of ether oxygens (including phenoxy) is 1. The van der Waals surface area contributed by atoms with Crippen molar-refractivity contribution in [1.82, 2.24) is 4.90 Å². The predicted octanol–water partition coefficient (Wildman–Crippen LogP) is 3.43. The second kappa shape index (κ2) is 7.19. The smallest absolute Gasteiger partial charge is 0.245 e. The summed E-state index contributed by atoms with van der Waals surface area (Å²) in [6, 6.07) is 16.1. The van der Waals surface area contributed by atoms with Crippen molar-refractivity contribution in [3.63, 3.8) is 0 Å². The molecule has 0 saturated carbocycles. The summed E-state index contributed by atoms with van der Waals surface area (Å²) in [7, 11) is 0. The number of benzene rings is 2. The fraction of sp³-hybridized carbons (Fsp3) is 0.409. The molecular formula is C22H24N2O3S. The van der Waals surface area contributed by atoms with Crippen molar-refractivity contribution >= 4 is 29.0 Å². The van der Waals surface area contributed by atoms with Crippen LogP contribution in [0.4, 0.5) is 11.4 Å². The summed E-state index contributed by atoms with van der Waals surface area (Å²) in [4.78, 5) is 19.5. The number of likely N-dealkylation sites (tertiary alicyclic amines) is 1. The Hall–Kier alpha value is -1.86. The highest BCUT2D eigenvalue weighted by atomic mass is 32.2. The first-order chi connectivity index (χ1) is 13.7. The number of aliphatic hydroxyl groups is 1. The fourth-order valence-electron chi connectivity index (χ4n) is 4.57. The Morgan fingerprint density at radius 2 is 1.79 bits per heavy atom. The minimum absolute atomic E-state index is 0.0377. The SMILES string of the molecule is O=C(CN1CC[C@@]2(CCCO2)[C@@H](O)C1)N1c2ccccc2Sc2ccccc21. The van der Waals surface area contributed by atoms with E-state index >= 15 is 0 Å². The summed E-state index contributed by atoms with van der Waals surface area (Å²) in [5.41, 5.74) is 1.48. The molecule has 0 bridgehead atoms. The molecule has 3 heterocycles. The number of piperidine rings is 1. The van der Waals surface area contributed by atoms with Gasteiger partial charge in [-0.15, -0.1) is 0 Å². The van der Waals surface area contributed by atoms with Crippen LogP contribution in [0.2, 0.25) is 0 Å². The average Bonchev–Trinajstić information content (AvgIpc) is 3.19. The molecule has 2 atom stereocenters. The van der Waals surface area contributed by atoms with Crippen LogP contribution in [0.3, 0.4) is 0 Å². The molecule has 2 aromatic carbocycles. The van der Waals surface area contributed by atoms with Crippen LogP contribution in [0.25, 0.3) is 0 Å². The van der Waals surface area contributed by atoms with Gasteiger partial charge in [0.2, 0.25) is 5.91 Å². The Morgan fingerprint density at radius 3 is 2.39 bits per heavy atom. The number of para-hydroxylation sites is 2. The second-order valence-electron chi connectivity index (χ2n) is 7.78. The number of amides is 1. The van der Waals surface area contributed by atoms with Crippen molar-refractivity contribution in [2.24, 2.45) is 0 Å². The molecule has 28 heavy (non-hydrogen) atoms. The Balaban J connectivity index is 1.37. The normalized spacial score (nSPS) is 26.9. The number of β-amino-alcohol motifs (C(OH)–C–C–N with tert-alkyl or cyclic N) is 1. The van der Waals surface area contributed by atoms with Crippen LogP contribution in [0, 0.1) is 0 Å². The number of carbonyl (C=O) groups excluding carboxylic acids is 1. The first kappa shape index (κ1) is 18.2. The van der Waals surface area contributed by atoms with E-state index in [9.17, 15) is 9.90 Å². The van der Waals surface area contributed by atoms with E-state index in [0.717, 1.165) is 53.6 Å². The van der Waals surface area contributed by atoms with Gasteiger partial charge < -0.3 is 9.84 Å². The monoisotopic (exact) mass is 396 g/mol. The van der Waals surface area contributed by atoms with Gasteiger partial charge in [-0.1, -0.05) is 36.0 Å². The van der Waals surface area contributed by atoms with Gasteiger partial charge in [0.05, 0.1) is 29.6 Å². The Morgan fingerprint density at radius 1 is 1.11 bits per heavy atom. The van der Waals surface area contributed by atoms with E-state index in [1.54, 1.807) is 11.8 Å². The van der Waals surface area contributed by atoms with E-state index in [-0.39, 0.29) is 11.5 Å². The number of fused-ring (bicyclic) bond motifs is 2. The highest BCUT2D eigenvalue weighted by molar-refractivity contribution is 7.99. The van der Waals surface area contributed by atoms with Crippen LogP contribution in [0.5, 0.6) is 0 Å². The van der Waals surface area contributed by atoms with Crippen LogP contribution >= 0.6 is 11.8 Å². The zero-order valence-electron chi connectivity index (χ0n) is 15.7. The van der Waals surface area contributed by atoms with Gasteiger partial charge in [0.1, 0.15) is 0 Å². The standard InChI is InChI=1S/C22H24N2O3S/c25-20-14-23(12-11-22(20)10-5-13-27-22)15-21(26)24-16-6-1-3-8-18(16)28-19-9-4-2-7-17(19)24/h1-4,6-9,20,25H,5,10-15H2/t20-,22-/m0/s1. The summed E-state index contributed by atoms with van der Waals surface area (Å²) in [5, 5.41) is 10.7. The van der Waals surface area contributed by atoms with E-state index in [1.165, 1.54) is 0 Å². The summed E-state index contributed by atoms with van der Waals surface area (Å²) in [6.07, 6.45) is 2.17. The number of carbonyl (C=O) groups is 1. The van der Waals surface area contributed by atoms with E-state index in [4.69, 9.17) is 4.74 Å². The number of hydrogen-bond acceptors (Lipinski definition) is 5. The van der Waals surface area contributed by atoms with Gasteiger partial charge in [0.25, 0.3) is 0 Å². The maximum atomic E-state index is 13.4. The largest absolute Gasteiger partial charge is 0.389 e. The van der Waals surface area contributed by atoms with Crippen molar-refractivity contribution in [3.8, 4) is 0 Å². The fourth-order valence-corrected chi connectivity index (χ4v) is 5.63. The van der Waals surface area contributed by atoms with Gasteiger partial charge in [-0.25, -0.2) is 0 Å². The molecule has 0 aliphatic carbocycles. The molecule has 0 aromatic heterocycles. The lowest BCUT2D eigenvalue weighted by molar-refractivity contribution is -0.135. The second-order valence-corrected chi connectivity index (χ2v) is 8.87. The maximum Gasteiger partial charge on any atom is 0.245 e. The molecule has 0 unspecified atom stereocenters. The van der Waals surface area contributed by atoms with E-state index < -0.39 is 6.10 Å². The summed E-state index contributed by atoms with van der Waals surface area (Å²) < 4.78 is 5.88. The lowest BCUT2D eigenvalue weighted by Crippen LogP contribution is -2.56. The number of anilines is 2. The number of aliphatic hydroxyl groups excluding tert-OH is 1. The summed E-state index contributed by atoms with van der Waals surface area (Å²) in [6.45, 7) is 2.28. The zero-order chi connectivity index (χ0) is 19.1. The van der Waals surface area contributed by atoms with Crippen molar-refractivity contribution in [2.75, 3.05) is 31.1 Å². The molecule has 1 amide bonds. The molecular weight excluding hydrogens is 372 g/mol. The first-order valence-electron chi connectivity index (χ1n) is 9.90. The van der Waals surface area contributed by atoms with Crippen molar-refractivity contribution < 1.29 is 14.6 Å². The number of hydrogen-bond donors (Lipinski definition) is 1. The Bertz CT molecular complexity index is 851. The molecule has 1 spiro atoms. The van der Waals surface area contributed by atoms with Crippen molar-refractivity contribution in [3.05, 3.63) is 48.5 Å². The lowest BCUT2D eigenvalue weighted by Gasteiger charge is -2.43. The zero-order valence-corrected chi connectivity index (χ0v) is 16.5. The highest BCUT2D eigenvalue weighted by Gasteiger charge is 2.46. The lowest BCUT2D eigenvalue weighted by atomic mass is 9.86. The first-order valence-corrected chi connectivity index (χ1v) is 10.7. The van der Waals surface area contributed by atoms with Crippen LogP contribution < -0.4 is 4.90 Å². The van der Waals surface area contributed by atoms with Crippen LogP contribution in [0.15, 0.2) is 58.3 Å². The Kier molecular flexibility index (Phi) is 4.67. The molecule has 6 heteroatoms. The van der Waals surface area contributed by atoms with E-state index in [0.29, 0.717) is 13.1 Å². The molecule has 2 aromatic rings. The van der Waals surface area contributed by atoms with E-state index in [1.807, 2.05) is 41.3 Å². The van der Waals surface area contributed by atoms with Gasteiger partial charge in [0.15, 0.2) is 0 Å². The van der Waals surface area contributed by atoms with Crippen LogP contribution in [0.1, 0.15) is 19.3 Å². The maximum absolute atomic E-state index is 13.4. The van der Waals surface area contributed by atoms with E-state index in [2.05, 4.69) is 17.0 Å². The molecule has 0 radical (unpaired) electrons. The topological polar surface area (TPSA) is 53.0 Å². The Labute approximate surface area is 169 Å². The molecule has 5 rings (SSSR count). The molecule has 2 saturated heterocycles. The van der Waals surface area contributed by atoms with Crippen LogP contribution in [-0.2, 0) is 9.53 Å². The van der Waals surface area contributed by atoms with Gasteiger partial charge in [-0.05, 0) is 43.5 Å². The third-order valence-corrected chi connectivity index (χ3v) is 7.19. The molecule has 2 fully saturated rings. The van der Waals surface area contributed by atoms with Gasteiger partial charge in [-0.2, -0.15) is 0 Å². The molecule has 3 aliphatic heterocycles. The summed E-state index contributed by atoms with van der Waals surface area (Å²) >= 11 is 1.70. The van der Waals surface area contributed by atoms with Gasteiger partial charge in [0, 0.05) is 29.5 Å². The van der Waals surface area contributed by atoms with Gasteiger partial charge in [-0.3, -0.25) is 14.6 Å². The highest BCUT2D eigenvalue weighted by Crippen LogP contribution is 2.48. The predicted molar refractivity (Wildman–Crippen MR) is 109 cm³/mol.